The van der Waals surface area contributed by atoms with Crippen molar-refractivity contribution in [1.29, 1.82) is 0 Å². The second kappa shape index (κ2) is 11.7. The van der Waals surface area contributed by atoms with Crippen molar-refractivity contribution in [1.82, 2.24) is 14.8 Å². The van der Waals surface area contributed by atoms with Crippen molar-refractivity contribution in [2.24, 2.45) is 5.92 Å². The van der Waals surface area contributed by atoms with Crippen molar-refractivity contribution in [3.8, 4) is 0 Å². The van der Waals surface area contributed by atoms with Gasteiger partial charge in [0.15, 0.2) is 0 Å². The topological polar surface area (TPSA) is 63.6 Å². The fourth-order valence-corrected chi connectivity index (χ4v) is 6.17. The van der Waals surface area contributed by atoms with Crippen LogP contribution < -0.4 is 5.32 Å². The molecule has 34 heavy (non-hydrogen) atoms. The fourth-order valence-electron chi connectivity index (χ4n) is 5.13. The Bertz CT molecular complexity index is 973. The van der Waals surface area contributed by atoms with Crippen LogP contribution in [0.3, 0.4) is 0 Å². The Morgan fingerprint density at radius 2 is 1.91 bits per heavy atom. The molecule has 2 aromatic heterocycles. The maximum Gasteiger partial charge on any atom is 0.271 e. The zero-order valence-corrected chi connectivity index (χ0v) is 22.7. The Labute approximate surface area is 209 Å². The van der Waals surface area contributed by atoms with Crippen LogP contribution in [0.5, 0.6) is 0 Å². The van der Waals surface area contributed by atoms with Gasteiger partial charge in [-0.3, -0.25) is 9.59 Å². The van der Waals surface area contributed by atoms with Crippen molar-refractivity contribution >= 4 is 33.4 Å². The van der Waals surface area contributed by atoms with E-state index in [1.165, 1.54) is 4.88 Å². The van der Waals surface area contributed by atoms with Gasteiger partial charge in [-0.1, -0.05) is 27.7 Å². The third-order valence-corrected chi connectivity index (χ3v) is 8.45. The number of thiophene rings is 1. The number of aromatic nitrogens is 1. The van der Waals surface area contributed by atoms with E-state index in [2.05, 4.69) is 29.8 Å². The van der Waals surface area contributed by atoms with Crippen LogP contribution >= 0.6 is 11.3 Å². The molecule has 4 rings (SSSR count). The third kappa shape index (κ3) is 5.35. The summed E-state index contributed by atoms with van der Waals surface area (Å²) < 4.78 is 8.72. The lowest BCUT2D eigenvalue weighted by Gasteiger charge is -2.45. The molecule has 6 nitrogen and oxygen atoms in total. The van der Waals surface area contributed by atoms with Gasteiger partial charge in [0.25, 0.3) is 5.91 Å². The van der Waals surface area contributed by atoms with Gasteiger partial charge in [0.2, 0.25) is 5.91 Å². The second-order valence-corrected chi connectivity index (χ2v) is 10.8. The standard InChI is InChI=1S/C25H37N3O3S.C2H6/c1-5-19-14-20-22(32-19)15-21-23(29)28(12-7-13-31-6-2)25(4,16-27(20)21)24(30)26-18-10-8-17(3)9-11-18;1-2/h14-15,17-18H,5-13,16H2,1-4H3,(H,26,30);1-2H3. The highest BCUT2D eigenvalue weighted by Crippen LogP contribution is 2.36. The number of nitrogens with zero attached hydrogens (tertiary/aromatic N) is 2. The first-order valence-corrected chi connectivity index (χ1v) is 14.0. The van der Waals surface area contributed by atoms with Gasteiger partial charge in [-0.15, -0.1) is 11.3 Å². The predicted octanol–water partition coefficient (Wildman–Crippen LogP) is 5.63. The van der Waals surface area contributed by atoms with Crippen molar-refractivity contribution in [2.45, 2.75) is 98.2 Å². The lowest BCUT2D eigenvalue weighted by molar-refractivity contribution is -0.134. The SMILES string of the molecule is CC.CCOCCCN1C(=O)c2cc3sc(CC)cc3n2CC1(C)C(=O)NC1CCC(C)CC1. The minimum absolute atomic E-state index is 0.0275. The Morgan fingerprint density at radius 1 is 1.21 bits per heavy atom. The molecule has 1 atom stereocenters. The van der Waals surface area contributed by atoms with E-state index < -0.39 is 5.54 Å². The highest BCUT2D eigenvalue weighted by Gasteiger charge is 2.48. The summed E-state index contributed by atoms with van der Waals surface area (Å²) in [4.78, 5) is 30.4. The molecule has 1 fully saturated rings. The number of carbonyl (C=O) groups is 2. The highest BCUT2D eigenvalue weighted by molar-refractivity contribution is 7.19. The van der Waals surface area contributed by atoms with E-state index in [0.29, 0.717) is 32.0 Å². The molecule has 2 amide bonds. The van der Waals surface area contributed by atoms with E-state index in [1.807, 2.05) is 33.8 Å². The molecule has 0 radical (unpaired) electrons. The largest absolute Gasteiger partial charge is 0.382 e. The normalized spacial score (nSPS) is 24.5. The summed E-state index contributed by atoms with van der Waals surface area (Å²) in [5, 5.41) is 3.31. The van der Waals surface area contributed by atoms with E-state index >= 15 is 0 Å². The van der Waals surface area contributed by atoms with Gasteiger partial charge in [0.1, 0.15) is 11.2 Å². The first-order chi connectivity index (χ1) is 16.4. The molecule has 0 spiro atoms. The smallest absolute Gasteiger partial charge is 0.271 e. The van der Waals surface area contributed by atoms with Crippen LogP contribution in [-0.2, 0) is 22.5 Å². The number of nitrogens with one attached hydrogen (secondary N) is 1. The van der Waals surface area contributed by atoms with Crippen LogP contribution in [-0.4, -0.2) is 52.6 Å². The first kappa shape index (κ1) is 26.7. The highest BCUT2D eigenvalue weighted by atomic mass is 32.1. The van der Waals surface area contributed by atoms with Gasteiger partial charge < -0.3 is 19.5 Å². The zero-order valence-electron chi connectivity index (χ0n) is 21.9. The van der Waals surface area contributed by atoms with Crippen LogP contribution in [0.1, 0.15) is 89.0 Å². The lowest BCUT2D eigenvalue weighted by Crippen LogP contribution is -2.65. The summed E-state index contributed by atoms with van der Waals surface area (Å²) in [5.74, 6) is 0.650. The van der Waals surface area contributed by atoms with Gasteiger partial charge in [0, 0.05) is 30.7 Å². The van der Waals surface area contributed by atoms with Crippen LogP contribution in [0.15, 0.2) is 12.1 Å². The number of aryl methyl sites for hydroxylation is 1. The molecular weight excluding hydrogens is 446 g/mol. The Balaban J connectivity index is 0.00000158. The molecule has 0 saturated heterocycles. The Morgan fingerprint density at radius 3 is 2.56 bits per heavy atom. The summed E-state index contributed by atoms with van der Waals surface area (Å²) in [5.41, 5.74) is 0.858. The summed E-state index contributed by atoms with van der Waals surface area (Å²) in [6.07, 6.45) is 6.03. The van der Waals surface area contributed by atoms with Gasteiger partial charge in [-0.05, 0) is 70.4 Å². The van der Waals surface area contributed by atoms with E-state index in [9.17, 15) is 9.59 Å². The Hall–Kier alpha value is -1.86. The molecule has 190 valence electrons. The lowest BCUT2D eigenvalue weighted by atomic mass is 9.86. The molecule has 1 unspecified atom stereocenters. The summed E-state index contributed by atoms with van der Waals surface area (Å²) >= 11 is 1.74. The quantitative estimate of drug-likeness (QED) is 0.489. The number of hydrogen-bond donors (Lipinski definition) is 1. The van der Waals surface area contributed by atoms with E-state index in [4.69, 9.17) is 4.74 Å². The molecular formula is C27H43N3O3S. The zero-order chi connectivity index (χ0) is 24.9. The van der Waals surface area contributed by atoms with Gasteiger partial charge in [-0.2, -0.15) is 0 Å². The average molecular weight is 490 g/mol. The van der Waals surface area contributed by atoms with Crippen molar-refractivity contribution in [2.75, 3.05) is 19.8 Å². The van der Waals surface area contributed by atoms with E-state index in [0.717, 1.165) is 54.7 Å². The summed E-state index contributed by atoms with van der Waals surface area (Å²) in [7, 11) is 0. The molecule has 1 aliphatic carbocycles. The second-order valence-electron chi connectivity index (χ2n) is 9.64. The van der Waals surface area contributed by atoms with Crippen molar-refractivity contribution in [3.63, 3.8) is 0 Å². The summed E-state index contributed by atoms with van der Waals surface area (Å²) in [6, 6.07) is 4.40. The Kier molecular flexibility index (Phi) is 9.21. The number of ether oxygens (including phenoxy) is 1. The molecule has 1 saturated carbocycles. The van der Waals surface area contributed by atoms with Crippen LogP contribution in [0.25, 0.3) is 10.2 Å². The number of fused-ring (bicyclic) bond motifs is 3. The molecule has 3 heterocycles. The number of rotatable bonds is 8. The number of carbonyl (C=O) groups excluding carboxylic acids is 2. The third-order valence-electron chi connectivity index (χ3n) is 7.23. The number of hydrogen-bond acceptors (Lipinski definition) is 4. The first-order valence-electron chi connectivity index (χ1n) is 13.2. The molecule has 1 N–H and O–H groups in total. The molecule has 2 aliphatic rings. The van der Waals surface area contributed by atoms with Crippen molar-refractivity contribution < 1.29 is 14.3 Å². The van der Waals surface area contributed by atoms with Gasteiger partial charge >= 0.3 is 0 Å². The maximum absolute atomic E-state index is 13.7. The average Bonchev–Trinajstić information content (AvgIpc) is 3.40. The van der Waals surface area contributed by atoms with Gasteiger partial charge in [0.05, 0.1) is 16.8 Å². The predicted molar refractivity (Wildman–Crippen MR) is 141 cm³/mol. The van der Waals surface area contributed by atoms with E-state index in [-0.39, 0.29) is 17.9 Å². The number of amides is 2. The molecule has 0 aromatic carbocycles. The molecule has 1 aliphatic heterocycles. The molecule has 2 aromatic rings. The van der Waals surface area contributed by atoms with Crippen LogP contribution in [0, 0.1) is 5.92 Å². The maximum atomic E-state index is 13.7. The fraction of sp³-hybridized carbons (Fsp3) is 0.704. The van der Waals surface area contributed by atoms with Gasteiger partial charge in [-0.25, -0.2) is 0 Å². The minimum Gasteiger partial charge on any atom is -0.382 e. The van der Waals surface area contributed by atoms with Crippen LogP contribution in [0.4, 0.5) is 0 Å². The minimum atomic E-state index is -0.917. The molecule has 7 heteroatoms. The monoisotopic (exact) mass is 489 g/mol. The summed E-state index contributed by atoms with van der Waals surface area (Å²) in [6.45, 7) is 14.6. The van der Waals surface area contributed by atoms with Crippen molar-refractivity contribution in [3.05, 3.63) is 22.7 Å². The van der Waals surface area contributed by atoms with E-state index in [1.54, 1.807) is 16.2 Å². The van der Waals surface area contributed by atoms with Crippen LogP contribution in [0.2, 0.25) is 0 Å². The molecule has 0 bridgehead atoms.